The van der Waals surface area contributed by atoms with E-state index >= 15 is 0 Å². The molecule has 2 aromatic rings. The average Bonchev–Trinajstić information content (AvgIpc) is 2.80. The first-order valence-corrected chi connectivity index (χ1v) is 13.3. The molecule has 1 aliphatic heterocycles. The quantitative estimate of drug-likeness (QED) is 0.564. The summed E-state index contributed by atoms with van der Waals surface area (Å²) >= 11 is 0. The summed E-state index contributed by atoms with van der Waals surface area (Å²) in [6, 6.07) is 11.4. The maximum Gasteiger partial charge on any atom is 0.244 e. The highest BCUT2D eigenvalue weighted by molar-refractivity contribution is 7.92. The molecule has 2 aromatic carbocycles. The maximum atomic E-state index is 13.5. The van der Waals surface area contributed by atoms with Crippen LogP contribution in [-0.4, -0.2) is 63.2 Å². The lowest BCUT2D eigenvalue weighted by molar-refractivity contribution is -0.139. The molecule has 0 aliphatic carbocycles. The van der Waals surface area contributed by atoms with E-state index in [-0.39, 0.29) is 24.2 Å². The Morgan fingerprint density at radius 1 is 1.00 bits per heavy atom. The van der Waals surface area contributed by atoms with E-state index in [0.717, 1.165) is 21.7 Å². The predicted octanol–water partition coefficient (Wildman–Crippen LogP) is 2.47. The number of aryl methyl sites for hydroxylation is 1. The van der Waals surface area contributed by atoms with Gasteiger partial charge in [0.25, 0.3) is 0 Å². The zero-order chi connectivity index (χ0) is 25.8. The summed E-state index contributed by atoms with van der Waals surface area (Å²) in [4.78, 5) is 27.7. The number of anilines is 1. The third-order valence-electron chi connectivity index (χ3n) is 5.56. The number of nitrogens with one attached hydrogen (secondary N) is 1. The van der Waals surface area contributed by atoms with E-state index in [1.54, 1.807) is 25.1 Å². The summed E-state index contributed by atoms with van der Waals surface area (Å²) in [5.41, 5.74) is 2.18. The van der Waals surface area contributed by atoms with Crippen LogP contribution in [0.15, 0.2) is 42.5 Å². The Labute approximate surface area is 207 Å². The molecule has 10 heteroatoms. The molecule has 9 nitrogen and oxygen atoms in total. The number of rotatable bonds is 9. The Kier molecular flexibility index (Phi) is 8.26. The number of nitrogens with zero attached hydrogens (tertiary/aromatic N) is 2. The molecule has 0 bridgehead atoms. The van der Waals surface area contributed by atoms with Crippen molar-refractivity contribution in [1.82, 2.24) is 10.2 Å². The molecule has 1 atom stereocenters. The third kappa shape index (κ3) is 6.88. The second-order valence-corrected chi connectivity index (χ2v) is 10.9. The standard InChI is InChI=1S/C25H33N3O6S/c1-17(2)26-25(30)19(4)27(15-20-8-6-18(3)7-9-20)24(29)16-28(35(5,31)32)21-10-11-22-23(14-21)34-13-12-33-22/h6-11,14,17,19H,12-13,15-16H2,1-5H3,(H,26,30). The Morgan fingerprint density at radius 3 is 2.23 bits per heavy atom. The van der Waals surface area contributed by atoms with Gasteiger partial charge in [0.15, 0.2) is 11.5 Å². The first-order valence-electron chi connectivity index (χ1n) is 11.5. The lowest BCUT2D eigenvalue weighted by Crippen LogP contribution is -2.52. The molecule has 0 aromatic heterocycles. The van der Waals surface area contributed by atoms with Crippen LogP contribution in [-0.2, 0) is 26.2 Å². The van der Waals surface area contributed by atoms with E-state index in [2.05, 4.69) is 5.32 Å². The van der Waals surface area contributed by atoms with Crippen molar-refractivity contribution in [3.05, 3.63) is 53.6 Å². The van der Waals surface area contributed by atoms with Crippen molar-refractivity contribution in [2.45, 2.75) is 46.3 Å². The molecular weight excluding hydrogens is 470 g/mol. The van der Waals surface area contributed by atoms with Crippen molar-refractivity contribution in [2.75, 3.05) is 30.3 Å². The van der Waals surface area contributed by atoms with Gasteiger partial charge in [-0.15, -0.1) is 0 Å². The van der Waals surface area contributed by atoms with Gasteiger partial charge in [0.05, 0.1) is 11.9 Å². The molecule has 1 aliphatic rings. The Morgan fingerprint density at radius 2 is 1.63 bits per heavy atom. The minimum Gasteiger partial charge on any atom is -0.486 e. The predicted molar refractivity (Wildman–Crippen MR) is 134 cm³/mol. The highest BCUT2D eigenvalue weighted by Crippen LogP contribution is 2.34. The topological polar surface area (TPSA) is 105 Å². The van der Waals surface area contributed by atoms with E-state index in [4.69, 9.17) is 9.47 Å². The van der Waals surface area contributed by atoms with Crippen LogP contribution in [0.1, 0.15) is 31.9 Å². The van der Waals surface area contributed by atoms with Crippen LogP contribution in [0.4, 0.5) is 5.69 Å². The Hall–Kier alpha value is -3.27. The van der Waals surface area contributed by atoms with Crippen molar-refractivity contribution in [3.63, 3.8) is 0 Å². The monoisotopic (exact) mass is 503 g/mol. The molecule has 3 rings (SSSR count). The van der Waals surface area contributed by atoms with E-state index in [1.807, 2.05) is 45.0 Å². The first kappa shape index (κ1) is 26.3. The van der Waals surface area contributed by atoms with Gasteiger partial charge < -0.3 is 19.7 Å². The molecule has 1 unspecified atom stereocenters. The summed E-state index contributed by atoms with van der Waals surface area (Å²) in [5.74, 6) is 0.110. The zero-order valence-electron chi connectivity index (χ0n) is 20.8. The van der Waals surface area contributed by atoms with Gasteiger partial charge in [0.1, 0.15) is 25.8 Å². The van der Waals surface area contributed by atoms with Crippen LogP contribution >= 0.6 is 0 Å². The summed E-state index contributed by atoms with van der Waals surface area (Å²) in [7, 11) is -3.83. The molecule has 0 radical (unpaired) electrons. The number of fused-ring (bicyclic) bond motifs is 1. The van der Waals surface area contributed by atoms with Gasteiger partial charge >= 0.3 is 0 Å². The van der Waals surface area contributed by atoms with Gasteiger partial charge in [-0.2, -0.15) is 0 Å². The first-order chi connectivity index (χ1) is 16.5. The number of carbonyl (C=O) groups is 2. The number of hydrogen-bond acceptors (Lipinski definition) is 6. The van der Waals surface area contributed by atoms with Crippen LogP contribution in [0.25, 0.3) is 0 Å². The number of amides is 2. The van der Waals surface area contributed by atoms with Crippen LogP contribution in [0.3, 0.4) is 0 Å². The molecule has 0 fully saturated rings. The molecule has 1 heterocycles. The van der Waals surface area contributed by atoms with Gasteiger partial charge in [0.2, 0.25) is 21.8 Å². The smallest absolute Gasteiger partial charge is 0.244 e. The molecule has 1 N–H and O–H groups in total. The van der Waals surface area contributed by atoms with Gasteiger partial charge in [-0.3, -0.25) is 13.9 Å². The van der Waals surface area contributed by atoms with Crippen LogP contribution in [0, 0.1) is 6.92 Å². The van der Waals surface area contributed by atoms with Gasteiger partial charge in [-0.05, 0) is 45.4 Å². The largest absolute Gasteiger partial charge is 0.486 e. The van der Waals surface area contributed by atoms with Crippen molar-refractivity contribution >= 4 is 27.5 Å². The fourth-order valence-corrected chi connectivity index (χ4v) is 4.52. The molecule has 2 amide bonds. The van der Waals surface area contributed by atoms with Crippen molar-refractivity contribution in [1.29, 1.82) is 0 Å². The summed E-state index contributed by atoms with van der Waals surface area (Å²) in [6.07, 6.45) is 1.04. The van der Waals surface area contributed by atoms with Crippen molar-refractivity contribution in [2.24, 2.45) is 0 Å². The molecule has 0 saturated carbocycles. The lowest BCUT2D eigenvalue weighted by atomic mass is 10.1. The maximum absolute atomic E-state index is 13.5. The summed E-state index contributed by atoms with van der Waals surface area (Å²) < 4.78 is 37.5. The van der Waals surface area contributed by atoms with Crippen molar-refractivity contribution < 1.29 is 27.5 Å². The van der Waals surface area contributed by atoms with Crippen LogP contribution in [0.2, 0.25) is 0 Å². The summed E-state index contributed by atoms with van der Waals surface area (Å²) in [6.45, 7) is 7.72. The van der Waals surface area contributed by atoms with E-state index in [1.165, 1.54) is 4.90 Å². The number of sulfonamides is 1. The molecule has 190 valence electrons. The van der Waals surface area contributed by atoms with Crippen LogP contribution in [0.5, 0.6) is 11.5 Å². The van der Waals surface area contributed by atoms with E-state index in [0.29, 0.717) is 24.7 Å². The normalized spacial score (nSPS) is 13.8. The van der Waals surface area contributed by atoms with Crippen molar-refractivity contribution in [3.8, 4) is 11.5 Å². The molecular formula is C25H33N3O6S. The third-order valence-corrected chi connectivity index (χ3v) is 6.71. The molecule has 0 saturated heterocycles. The highest BCUT2D eigenvalue weighted by atomic mass is 32.2. The van der Waals surface area contributed by atoms with E-state index in [9.17, 15) is 18.0 Å². The minimum atomic E-state index is -3.83. The molecule has 0 spiro atoms. The number of ether oxygens (including phenoxy) is 2. The lowest BCUT2D eigenvalue weighted by Gasteiger charge is -2.32. The fraction of sp³-hybridized carbons (Fsp3) is 0.440. The van der Waals surface area contributed by atoms with Gasteiger partial charge in [-0.1, -0.05) is 29.8 Å². The zero-order valence-corrected chi connectivity index (χ0v) is 21.6. The average molecular weight is 504 g/mol. The molecule has 35 heavy (non-hydrogen) atoms. The number of hydrogen-bond donors (Lipinski definition) is 1. The van der Waals surface area contributed by atoms with Gasteiger partial charge in [0, 0.05) is 18.7 Å². The summed E-state index contributed by atoms with van der Waals surface area (Å²) in [5, 5.41) is 2.83. The number of benzene rings is 2. The fourth-order valence-electron chi connectivity index (χ4n) is 3.68. The second-order valence-electron chi connectivity index (χ2n) is 8.94. The SMILES string of the molecule is Cc1ccc(CN(C(=O)CN(c2ccc3c(c2)OCCO3)S(C)(=O)=O)C(C)C(=O)NC(C)C)cc1. The Balaban J connectivity index is 1.91. The Bertz CT molecular complexity index is 1160. The second kappa shape index (κ2) is 11.0. The van der Waals surface area contributed by atoms with Crippen LogP contribution < -0.4 is 19.1 Å². The van der Waals surface area contributed by atoms with Gasteiger partial charge in [-0.25, -0.2) is 8.42 Å². The van der Waals surface area contributed by atoms with E-state index < -0.39 is 28.5 Å². The highest BCUT2D eigenvalue weighted by Gasteiger charge is 2.30. The minimum absolute atomic E-state index is 0.105. The number of carbonyl (C=O) groups excluding carboxylic acids is 2.